The van der Waals surface area contributed by atoms with Crippen molar-refractivity contribution in [3.63, 3.8) is 0 Å². The summed E-state index contributed by atoms with van der Waals surface area (Å²) in [5.41, 5.74) is 0.220. The van der Waals surface area contributed by atoms with E-state index in [4.69, 9.17) is 20.3 Å². The van der Waals surface area contributed by atoms with E-state index in [0.29, 0.717) is 5.46 Å². The molecule has 1 rings (SSSR count). The van der Waals surface area contributed by atoms with Crippen molar-refractivity contribution in [2.24, 2.45) is 5.41 Å². The van der Waals surface area contributed by atoms with Crippen molar-refractivity contribution in [2.75, 3.05) is 13.2 Å². The van der Waals surface area contributed by atoms with Crippen LogP contribution in [0.5, 0.6) is 0 Å². The number of benzene rings is 1. The molecule has 0 aliphatic rings. The van der Waals surface area contributed by atoms with Gasteiger partial charge in [0.15, 0.2) is 0 Å². The lowest BCUT2D eigenvalue weighted by Crippen LogP contribution is -2.29. The Hall–Kier alpha value is -0.875. The molecule has 0 radical (unpaired) electrons. The summed E-state index contributed by atoms with van der Waals surface area (Å²) >= 11 is 0. The molecule has 0 aliphatic carbocycles. The van der Waals surface area contributed by atoms with Crippen LogP contribution in [-0.4, -0.2) is 40.6 Å². The standard InChI is InChI=1S/C6H7BO2.C5H12O2/c8-7(9)6-4-2-1-3-5-6;1-5(2,3-6)4-7/h1-5,8-9H;6-7H,3-4H2,1-2H3. The highest BCUT2D eigenvalue weighted by atomic mass is 16.4. The topological polar surface area (TPSA) is 80.9 Å². The maximum Gasteiger partial charge on any atom is 0.488 e. The van der Waals surface area contributed by atoms with E-state index in [1.54, 1.807) is 38.1 Å². The lowest BCUT2D eigenvalue weighted by atomic mass is 9.81. The Morgan fingerprint density at radius 3 is 1.62 bits per heavy atom. The fourth-order valence-corrected chi connectivity index (χ4v) is 0.675. The highest BCUT2D eigenvalue weighted by molar-refractivity contribution is 6.58. The summed E-state index contributed by atoms with van der Waals surface area (Å²) in [7, 11) is -1.34. The van der Waals surface area contributed by atoms with E-state index in [1.165, 1.54) is 0 Å². The van der Waals surface area contributed by atoms with Crippen molar-refractivity contribution in [2.45, 2.75) is 13.8 Å². The third kappa shape index (κ3) is 6.58. The molecule has 0 aliphatic heterocycles. The number of hydrogen-bond acceptors (Lipinski definition) is 4. The van der Waals surface area contributed by atoms with Crippen LogP contribution in [0.4, 0.5) is 0 Å². The van der Waals surface area contributed by atoms with Gasteiger partial charge in [0.1, 0.15) is 0 Å². The second kappa shape index (κ2) is 7.41. The molecule has 0 saturated heterocycles. The van der Waals surface area contributed by atoms with Crippen molar-refractivity contribution in [1.82, 2.24) is 0 Å². The molecule has 0 amide bonds. The van der Waals surface area contributed by atoms with Crippen LogP contribution in [0, 0.1) is 5.41 Å². The van der Waals surface area contributed by atoms with E-state index in [1.807, 2.05) is 6.07 Å². The fraction of sp³-hybridized carbons (Fsp3) is 0.455. The van der Waals surface area contributed by atoms with Crippen LogP contribution in [-0.2, 0) is 0 Å². The first kappa shape index (κ1) is 15.1. The predicted molar refractivity (Wildman–Crippen MR) is 64.2 cm³/mol. The van der Waals surface area contributed by atoms with Gasteiger partial charge in [-0.25, -0.2) is 0 Å². The van der Waals surface area contributed by atoms with E-state index in [0.717, 1.165) is 0 Å². The van der Waals surface area contributed by atoms with E-state index >= 15 is 0 Å². The van der Waals surface area contributed by atoms with Gasteiger partial charge in [0.2, 0.25) is 0 Å². The Balaban J connectivity index is 0.000000293. The van der Waals surface area contributed by atoms with E-state index < -0.39 is 7.12 Å². The van der Waals surface area contributed by atoms with E-state index in [2.05, 4.69) is 0 Å². The zero-order valence-corrected chi connectivity index (χ0v) is 9.67. The minimum absolute atomic E-state index is 0.0451. The van der Waals surface area contributed by atoms with Crippen LogP contribution in [0.25, 0.3) is 0 Å². The minimum atomic E-state index is -1.34. The molecule has 1 aromatic rings. The van der Waals surface area contributed by atoms with Gasteiger partial charge in [-0.3, -0.25) is 0 Å². The van der Waals surface area contributed by atoms with Gasteiger partial charge in [-0.1, -0.05) is 44.2 Å². The maximum atomic E-state index is 8.58. The predicted octanol–water partition coefficient (Wildman–Crippen LogP) is -0.636. The number of aliphatic hydroxyl groups excluding tert-OH is 2. The first-order valence-corrected chi connectivity index (χ1v) is 5.06. The zero-order chi connectivity index (χ0) is 12.6. The van der Waals surface area contributed by atoms with Crippen molar-refractivity contribution >= 4 is 12.6 Å². The lowest BCUT2D eigenvalue weighted by molar-refractivity contribution is 0.0857. The van der Waals surface area contributed by atoms with Crippen LogP contribution in [0.15, 0.2) is 30.3 Å². The Morgan fingerprint density at radius 2 is 1.44 bits per heavy atom. The van der Waals surface area contributed by atoms with Gasteiger partial charge in [0.25, 0.3) is 0 Å². The smallest absolute Gasteiger partial charge is 0.423 e. The summed E-state index contributed by atoms with van der Waals surface area (Å²) in [5, 5.41) is 34.0. The summed E-state index contributed by atoms with van der Waals surface area (Å²) < 4.78 is 0. The largest absolute Gasteiger partial charge is 0.488 e. The second-order valence-corrected chi connectivity index (χ2v) is 4.26. The van der Waals surface area contributed by atoms with Gasteiger partial charge in [0, 0.05) is 5.41 Å². The molecular formula is C11H19BO4. The minimum Gasteiger partial charge on any atom is -0.423 e. The average Bonchev–Trinajstić information content (AvgIpc) is 2.31. The molecule has 0 saturated carbocycles. The molecule has 0 spiro atoms. The molecule has 16 heavy (non-hydrogen) atoms. The van der Waals surface area contributed by atoms with Gasteiger partial charge < -0.3 is 20.3 Å². The van der Waals surface area contributed by atoms with Gasteiger partial charge >= 0.3 is 7.12 Å². The first-order valence-electron chi connectivity index (χ1n) is 5.06. The summed E-state index contributed by atoms with van der Waals surface area (Å²) in [5.74, 6) is 0. The lowest BCUT2D eigenvalue weighted by Gasteiger charge is -2.16. The Labute approximate surface area is 96.3 Å². The third-order valence-corrected chi connectivity index (χ3v) is 1.95. The Bertz CT molecular complexity index is 269. The van der Waals surface area contributed by atoms with Crippen LogP contribution < -0.4 is 5.46 Å². The Morgan fingerprint density at radius 1 is 1.00 bits per heavy atom. The Kier molecular flexibility index (Phi) is 7.00. The maximum absolute atomic E-state index is 8.58. The normalized spacial score (nSPS) is 10.4. The highest BCUT2D eigenvalue weighted by Crippen LogP contribution is 2.10. The van der Waals surface area contributed by atoms with Gasteiger partial charge in [-0.2, -0.15) is 0 Å². The number of rotatable bonds is 3. The molecule has 0 atom stereocenters. The zero-order valence-electron chi connectivity index (χ0n) is 9.67. The molecule has 0 aromatic heterocycles. The summed E-state index contributed by atoms with van der Waals surface area (Å²) in [6.07, 6.45) is 0. The molecule has 5 heteroatoms. The molecule has 1 aromatic carbocycles. The molecule has 0 fully saturated rings. The summed E-state index contributed by atoms with van der Waals surface area (Å²) in [6, 6.07) is 8.66. The summed E-state index contributed by atoms with van der Waals surface area (Å²) in [6.45, 7) is 3.69. The number of aliphatic hydroxyl groups is 2. The van der Waals surface area contributed by atoms with Crippen LogP contribution in [0.1, 0.15) is 13.8 Å². The molecule has 4 nitrogen and oxygen atoms in total. The van der Waals surface area contributed by atoms with Crippen LogP contribution in [0.2, 0.25) is 0 Å². The van der Waals surface area contributed by atoms with Gasteiger partial charge in [0.05, 0.1) is 13.2 Å². The third-order valence-electron chi connectivity index (χ3n) is 1.95. The van der Waals surface area contributed by atoms with Crippen LogP contribution in [0.3, 0.4) is 0 Å². The monoisotopic (exact) mass is 226 g/mol. The highest BCUT2D eigenvalue weighted by Gasteiger charge is 2.13. The molecule has 4 N–H and O–H groups in total. The van der Waals surface area contributed by atoms with Crippen LogP contribution >= 0.6 is 0 Å². The van der Waals surface area contributed by atoms with E-state index in [9.17, 15) is 0 Å². The van der Waals surface area contributed by atoms with Crippen molar-refractivity contribution in [1.29, 1.82) is 0 Å². The van der Waals surface area contributed by atoms with Crippen molar-refractivity contribution < 1.29 is 20.3 Å². The molecule has 0 unspecified atom stereocenters. The SMILES string of the molecule is CC(C)(CO)CO.OB(O)c1ccccc1. The first-order chi connectivity index (χ1) is 7.43. The van der Waals surface area contributed by atoms with Gasteiger partial charge in [-0.05, 0) is 5.46 Å². The molecule has 0 heterocycles. The fourth-order valence-electron chi connectivity index (χ4n) is 0.675. The quantitative estimate of drug-likeness (QED) is 0.517. The number of hydrogen-bond donors (Lipinski definition) is 4. The molecule has 0 bridgehead atoms. The summed E-state index contributed by atoms with van der Waals surface area (Å²) in [4.78, 5) is 0. The molecular weight excluding hydrogens is 207 g/mol. The van der Waals surface area contributed by atoms with E-state index in [-0.39, 0.29) is 18.6 Å². The average molecular weight is 226 g/mol. The van der Waals surface area contributed by atoms with Crippen molar-refractivity contribution in [3.8, 4) is 0 Å². The van der Waals surface area contributed by atoms with Crippen molar-refractivity contribution in [3.05, 3.63) is 30.3 Å². The van der Waals surface area contributed by atoms with Gasteiger partial charge in [-0.15, -0.1) is 0 Å². The molecule has 90 valence electrons. The second-order valence-electron chi connectivity index (χ2n) is 4.26.